The molecule has 10 heteroatoms. The van der Waals surface area contributed by atoms with Crippen LogP contribution in [0.25, 0.3) is 11.4 Å². The Morgan fingerprint density at radius 1 is 1.23 bits per heavy atom. The van der Waals surface area contributed by atoms with Gasteiger partial charge < -0.3 is 15.0 Å². The standard InChI is InChI=1S/C21H24F4N4O2/c1-12-11-29(18(30)19(2,31)21(23,24)25)10-7-15(12)20(8-9-20)17-26-16(27-28-17)13-3-5-14(22)6-4-13/h3-6,12,15,31H,7-11H2,1-2H3,(H,26,27,28)/t12-,15+,19?/m1/s1. The van der Waals surface area contributed by atoms with Crippen LogP contribution in [0, 0.1) is 17.7 Å². The molecule has 2 aliphatic rings. The van der Waals surface area contributed by atoms with Crippen LogP contribution in [0.15, 0.2) is 24.3 Å². The van der Waals surface area contributed by atoms with Gasteiger partial charge >= 0.3 is 6.18 Å². The Morgan fingerprint density at radius 3 is 2.42 bits per heavy atom. The van der Waals surface area contributed by atoms with Crippen LogP contribution in [0.1, 0.15) is 38.9 Å². The number of rotatable bonds is 4. The Hall–Kier alpha value is -2.49. The zero-order valence-corrected chi connectivity index (χ0v) is 17.2. The topological polar surface area (TPSA) is 82.1 Å². The lowest BCUT2D eigenvalue weighted by Gasteiger charge is -2.42. The summed E-state index contributed by atoms with van der Waals surface area (Å²) in [5, 5.41) is 18.2. The van der Waals surface area contributed by atoms with Gasteiger partial charge in [-0.3, -0.25) is 4.79 Å². The molecule has 6 nitrogen and oxygen atoms in total. The van der Waals surface area contributed by atoms with Gasteiger partial charge in [0.1, 0.15) is 11.6 Å². The zero-order chi connectivity index (χ0) is 22.6. The molecule has 1 aliphatic heterocycles. The average molecular weight is 440 g/mol. The molecule has 2 heterocycles. The molecule has 1 aliphatic carbocycles. The molecule has 168 valence electrons. The number of alkyl halides is 3. The number of likely N-dealkylation sites (tertiary alicyclic amines) is 1. The third-order valence-electron chi connectivity index (χ3n) is 6.74. The zero-order valence-electron chi connectivity index (χ0n) is 17.2. The van der Waals surface area contributed by atoms with Gasteiger partial charge in [0.2, 0.25) is 5.60 Å². The highest BCUT2D eigenvalue weighted by Gasteiger charge is 2.59. The van der Waals surface area contributed by atoms with Crippen LogP contribution in [0.4, 0.5) is 17.6 Å². The molecule has 1 aromatic heterocycles. The van der Waals surface area contributed by atoms with Crippen molar-refractivity contribution >= 4 is 5.91 Å². The lowest BCUT2D eigenvalue weighted by Crippen LogP contribution is -2.59. The Bertz CT molecular complexity index is 967. The fourth-order valence-electron chi connectivity index (χ4n) is 4.72. The smallest absolute Gasteiger partial charge is 0.373 e. The summed E-state index contributed by atoms with van der Waals surface area (Å²) in [6.07, 6.45) is -2.78. The molecule has 1 aromatic carbocycles. The van der Waals surface area contributed by atoms with Gasteiger partial charge in [-0.25, -0.2) is 4.39 Å². The second-order valence-electron chi connectivity index (χ2n) is 8.88. The number of carbonyl (C=O) groups is 1. The summed E-state index contributed by atoms with van der Waals surface area (Å²) in [4.78, 5) is 16.7. The van der Waals surface area contributed by atoms with Crippen LogP contribution < -0.4 is 0 Å². The van der Waals surface area contributed by atoms with Gasteiger partial charge in [-0.05, 0) is 62.3 Å². The van der Waals surface area contributed by atoms with Crippen LogP contribution in [0.3, 0.4) is 0 Å². The van der Waals surface area contributed by atoms with E-state index in [1.807, 2.05) is 6.92 Å². The molecule has 3 atom stereocenters. The number of hydrogen-bond donors (Lipinski definition) is 2. The van der Waals surface area contributed by atoms with Gasteiger partial charge in [0, 0.05) is 24.1 Å². The van der Waals surface area contributed by atoms with Crippen LogP contribution in [-0.4, -0.2) is 56.0 Å². The van der Waals surface area contributed by atoms with E-state index in [0.29, 0.717) is 30.6 Å². The molecule has 2 N–H and O–H groups in total. The highest BCUT2D eigenvalue weighted by molar-refractivity contribution is 5.85. The number of aromatic amines is 1. The van der Waals surface area contributed by atoms with E-state index in [1.165, 1.54) is 12.1 Å². The minimum absolute atomic E-state index is 0.0800. The van der Waals surface area contributed by atoms with Crippen molar-refractivity contribution in [1.29, 1.82) is 0 Å². The minimum atomic E-state index is -5.03. The maximum Gasteiger partial charge on any atom is 0.426 e. The third kappa shape index (κ3) is 3.71. The number of H-pyrrole nitrogens is 1. The summed E-state index contributed by atoms with van der Waals surface area (Å²) in [5.41, 5.74) is -2.95. The van der Waals surface area contributed by atoms with Crippen molar-refractivity contribution in [3.8, 4) is 11.4 Å². The van der Waals surface area contributed by atoms with E-state index in [4.69, 9.17) is 0 Å². The number of carbonyl (C=O) groups excluding carboxylic acids is 1. The van der Waals surface area contributed by atoms with Gasteiger partial charge in [-0.15, -0.1) is 10.2 Å². The Balaban J connectivity index is 1.49. The molecule has 1 saturated carbocycles. The number of nitrogens with one attached hydrogen (secondary N) is 1. The number of piperidine rings is 1. The molecular weight excluding hydrogens is 416 g/mol. The van der Waals surface area contributed by atoms with Crippen molar-refractivity contribution < 1.29 is 27.5 Å². The SMILES string of the molecule is C[C@@H]1CN(C(=O)C(C)(O)C(F)(F)F)CC[C@@H]1C1(c2nnc(-c3ccc(F)cc3)[nH]2)CC1. The molecule has 0 bridgehead atoms. The van der Waals surface area contributed by atoms with E-state index in [9.17, 15) is 27.5 Å². The first-order valence-electron chi connectivity index (χ1n) is 10.2. The predicted octanol–water partition coefficient (Wildman–Crippen LogP) is 3.44. The van der Waals surface area contributed by atoms with Crippen molar-refractivity contribution in [2.24, 2.45) is 11.8 Å². The van der Waals surface area contributed by atoms with Gasteiger partial charge in [0.25, 0.3) is 5.91 Å². The van der Waals surface area contributed by atoms with E-state index >= 15 is 0 Å². The number of aliphatic hydroxyl groups is 1. The Labute approximate surface area is 176 Å². The van der Waals surface area contributed by atoms with Gasteiger partial charge in [-0.2, -0.15) is 13.2 Å². The van der Waals surface area contributed by atoms with E-state index in [-0.39, 0.29) is 36.2 Å². The number of amides is 1. The molecule has 2 fully saturated rings. The molecule has 1 saturated heterocycles. The normalized spacial score (nSPS) is 25.2. The second-order valence-corrected chi connectivity index (χ2v) is 8.88. The molecule has 4 rings (SSSR count). The van der Waals surface area contributed by atoms with Crippen molar-refractivity contribution in [2.75, 3.05) is 13.1 Å². The fourth-order valence-corrected chi connectivity index (χ4v) is 4.72. The van der Waals surface area contributed by atoms with Crippen molar-refractivity contribution in [3.63, 3.8) is 0 Å². The predicted molar refractivity (Wildman–Crippen MR) is 103 cm³/mol. The largest absolute Gasteiger partial charge is 0.426 e. The van der Waals surface area contributed by atoms with Gasteiger partial charge in [0.15, 0.2) is 5.82 Å². The summed E-state index contributed by atoms with van der Waals surface area (Å²) in [6, 6.07) is 5.90. The van der Waals surface area contributed by atoms with E-state index in [1.54, 1.807) is 12.1 Å². The summed E-state index contributed by atoms with van der Waals surface area (Å²) in [6.45, 7) is 2.68. The average Bonchev–Trinajstić information content (AvgIpc) is 3.35. The summed E-state index contributed by atoms with van der Waals surface area (Å²) in [7, 11) is 0. The first-order chi connectivity index (χ1) is 14.5. The Kier molecular flexibility index (Phi) is 5.11. The monoisotopic (exact) mass is 440 g/mol. The molecule has 31 heavy (non-hydrogen) atoms. The van der Waals surface area contributed by atoms with Crippen LogP contribution in [0.2, 0.25) is 0 Å². The maximum absolute atomic E-state index is 13.2. The lowest BCUT2D eigenvalue weighted by molar-refractivity contribution is -0.251. The number of benzene rings is 1. The molecule has 0 radical (unpaired) electrons. The summed E-state index contributed by atoms with van der Waals surface area (Å²) >= 11 is 0. The molecule has 2 aromatic rings. The lowest BCUT2D eigenvalue weighted by atomic mass is 9.74. The maximum atomic E-state index is 13.2. The fraction of sp³-hybridized carbons (Fsp3) is 0.571. The van der Waals surface area contributed by atoms with Crippen LogP contribution >= 0.6 is 0 Å². The van der Waals surface area contributed by atoms with E-state index < -0.39 is 17.7 Å². The number of aromatic nitrogens is 3. The van der Waals surface area contributed by atoms with Crippen molar-refractivity contribution in [1.82, 2.24) is 20.1 Å². The summed E-state index contributed by atoms with van der Waals surface area (Å²) < 4.78 is 52.3. The van der Waals surface area contributed by atoms with E-state index in [0.717, 1.165) is 17.7 Å². The molecule has 1 amide bonds. The first-order valence-corrected chi connectivity index (χ1v) is 10.2. The first kappa shape index (κ1) is 21.7. The van der Waals surface area contributed by atoms with Gasteiger partial charge in [0.05, 0.1) is 0 Å². The molecular formula is C21H24F4N4O2. The summed E-state index contributed by atoms with van der Waals surface area (Å²) in [5.74, 6) is -0.381. The van der Waals surface area contributed by atoms with E-state index in [2.05, 4.69) is 15.2 Å². The minimum Gasteiger partial charge on any atom is -0.373 e. The van der Waals surface area contributed by atoms with Gasteiger partial charge in [-0.1, -0.05) is 6.92 Å². The molecule has 1 unspecified atom stereocenters. The second kappa shape index (κ2) is 7.29. The number of halogens is 4. The number of nitrogens with zero attached hydrogens (tertiary/aromatic N) is 3. The van der Waals surface area contributed by atoms with Crippen molar-refractivity contribution in [2.45, 2.75) is 50.3 Å². The van der Waals surface area contributed by atoms with Crippen LogP contribution in [0.5, 0.6) is 0 Å². The molecule has 0 spiro atoms. The van der Waals surface area contributed by atoms with Crippen molar-refractivity contribution in [3.05, 3.63) is 35.9 Å². The van der Waals surface area contributed by atoms with Crippen LogP contribution in [-0.2, 0) is 10.2 Å². The quantitative estimate of drug-likeness (QED) is 0.714. The highest BCUT2D eigenvalue weighted by Crippen LogP contribution is 2.57. The number of hydrogen-bond acceptors (Lipinski definition) is 4. The highest BCUT2D eigenvalue weighted by atomic mass is 19.4. The Morgan fingerprint density at radius 2 is 1.87 bits per heavy atom. The third-order valence-corrected chi connectivity index (χ3v) is 6.74.